The topological polar surface area (TPSA) is 35.5 Å². The van der Waals surface area contributed by atoms with E-state index in [4.69, 9.17) is 0 Å². The molecule has 0 unspecified atom stereocenters. The monoisotopic (exact) mass is 342 g/mol. The van der Waals surface area contributed by atoms with Crippen LogP contribution in [0, 0.1) is 0 Å². The molecule has 0 heterocycles. The summed E-state index contributed by atoms with van der Waals surface area (Å²) in [6.07, 6.45) is 0. The standard InChI is InChI=1S/H2O3STe2/c1-4(2-5)3-6/h5-6H. The summed E-state index contributed by atoms with van der Waals surface area (Å²) < 4.78 is 18.3. The van der Waals surface area contributed by atoms with Crippen molar-refractivity contribution in [1.82, 2.24) is 0 Å². The van der Waals surface area contributed by atoms with Crippen LogP contribution in [0.25, 0.3) is 0 Å². The van der Waals surface area contributed by atoms with E-state index in [1.165, 1.54) is 0 Å². The quantitative estimate of drug-likeness (QED) is 0.560. The second-order valence-electron chi connectivity index (χ2n) is 0.353. The second-order valence-corrected chi connectivity index (χ2v) is 3.61. The van der Waals surface area contributed by atoms with Crippen LogP contribution in [-0.4, -0.2) is 49.6 Å². The van der Waals surface area contributed by atoms with Gasteiger partial charge in [0, 0.05) is 0 Å². The molecule has 3 nitrogen and oxygen atoms in total. The van der Waals surface area contributed by atoms with Crippen LogP contribution < -0.4 is 0 Å². The molecule has 6 heavy (non-hydrogen) atoms. The summed E-state index contributed by atoms with van der Waals surface area (Å²) in [5, 5.41) is 0. The molecular formula is H2O3STe2. The predicted molar refractivity (Wildman–Crippen MR) is 24.6 cm³/mol. The number of hydrogen-bond acceptors (Lipinski definition) is 3. The molecule has 0 aromatic carbocycles. The Morgan fingerprint density at radius 3 is 1.67 bits per heavy atom. The van der Waals surface area contributed by atoms with Crippen LogP contribution in [0.4, 0.5) is 0 Å². The molecule has 0 bridgehead atoms. The Bertz CT molecular complexity index is 46.8. The fourth-order valence-corrected chi connectivity index (χ4v) is 1.84. The van der Waals surface area contributed by atoms with E-state index in [1.54, 1.807) is 0 Å². The van der Waals surface area contributed by atoms with Gasteiger partial charge in [-0.3, -0.25) is 0 Å². The van der Waals surface area contributed by atoms with Crippen LogP contribution in [0.5, 0.6) is 0 Å². The third-order valence-electron chi connectivity index (χ3n) is 0.122. The molecule has 0 atom stereocenters. The molecule has 0 saturated carbocycles. The molecule has 0 spiro atoms. The van der Waals surface area contributed by atoms with Crippen LogP contribution in [0.1, 0.15) is 0 Å². The second kappa shape index (κ2) is 4.80. The van der Waals surface area contributed by atoms with Gasteiger partial charge in [-0.2, -0.15) is 0 Å². The minimum absolute atomic E-state index is 1.01. The van der Waals surface area contributed by atoms with Gasteiger partial charge in [0.15, 0.2) is 0 Å². The Morgan fingerprint density at radius 1 is 1.33 bits per heavy atom. The molecule has 6 heteroatoms. The summed E-state index contributed by atoms with van der Waals surface area (Å²) in [6, 6.07) is 0. The van der Waals surface area contributed by atoms with Crippen molar-refractivity contribution < 1.29 is 9.30 Å². The van der Waals surface area contributed by atoms with Crippen LogP contribution in [0.2, 0.25) is 0 Å². The van der Waals surface area contributed by atoms with Gasteiger partial charge in [-0.05, 0) is 0 Å². The first-order chi connectivity index (χ1) is 2.81. The predicted octanol–water partition coefficient (Wildman–Crippen LogP) is -1.77. The van der Waals surface area contributed by atoms with Gasteiger partial charge in [-0.25, -0.2) is 0 Å². The summed E-state index contributed by atoms with van der Waals surface area (Å²) in [5.41, 5.74) is 0. The Morgan fingerprint density at radius 2 is 1.67 bits per heavy atom. The summed E-state index contributed by atoms with van der Waals surface area (Å²) in [7, 11) is 0. The van der Waals surface area contributed by atoms with Gasteiger partial charge in [0.2, 0.25) is 0 Å². The molecule has 0 rings (SSSR count). The van der Waals surface area contributed by atoms with E-state index in [9.17, 15) is 4.21 Å². The zero-order valence-corrected chi connectivity index (χ0v) is 8.45. The normalized spacial score (nSPS) is 9.83. The molecule has 0 aliphatic heterocycles. The van der Waals surface area contributed by atoms with E-state index >= 15 is 0 Å². The molecule has 0 amide bonds. The van der Waals surface area contributed by atoms with E-state index in [-0.39, 0.29) is 0 Å². The molecule has 0 aromatic rings. The Labute approximate surface area is 65.5 Å². The molecule has 0 radical (unpaired) electrons. The molecule has 0 aliphatic rings. The third-order valence-corrected chi connectivity index (χ3v) is 2.45. The van der Waals surface area contributed by atoms with Crippen LogP contribution >= 0.6 is 0 Å². The SMILES string of the molecule is O=S(O[TeH])O[TeH]. The summed E-state index contributed by atoms with van der Waals surface area (Å²) in [5.74, 6) is 0. The van der Waals surface area contributed by atoms with E-state index in [0.717, 1.165) is 45.4 Å². The van der Waals surface area contributed by atoms with Crippen molar-refractivity contribution in [2.75, 3.05) is 0 Å². The van der Waals surface area contributed by atoms with Gasteiger partial charge in [0.1, 0.15) is 0 Å². The van der Waals surface area contributed by atoms with Crippen molar-refractivity contribution in [3.8, 4) is 0 Å². The minimum atomic E-state index is -1.49. The average Bonchev–Trinajstić information content (AvgIpc) is 1.65. The van der Waals surface area contributed by atoms with Gasteiger partial charge >= 0.3 is 66.1 Å². The zero-order chi connectivity index (χ0) is 4.99. The Kier molecular flexibility index (Phi) is 6.12. The molecule has 0 fully saturated rings. The maximum atomic E-state index is 9.87. The van der Waals surface area contributed by atoms with Crippen LogP contribution in [-0.2, 0) is 16.5 Å². The van der Waals surface area contributed by atoms with E-state index in [0.29, 0.717) is 0 Å². The van der Waals surface area contributed by atoms with Gasteiger partial charge in [-0.15, -0.1) is 0 Å². The van der Waals surface area contributed by atoms with Crippen LogP contribution in [0.3, 0.4) is 0 Å². The van der Waals surface area contributed by atoms with E-state index in [1.807, 2.05) is 0 Å². The van der Waals surface area contributed by atoms with Gasteiger partial charge < -0.3 is 0 Å². The Hall–Kier alpha value is 1.65. The first-order valence-corrected chi connectivity index (χ1v) is 3.95. The first-order valence-electron chi connectivity index (χ1n) is 0.865. The third kappa shape index (κ3) is 3.83. The molecule has 0 aliphatic carbocycles. The summed E-state index contributed by atoms with van der Waals surface area (Å²) >= 11 is 0.526. The fourth-order valence-electron chi connectivity index (χ4n) is 0.0136. The van der Waals surface area contributed by atoms with Gasteiger partial charge in [-0.1, -0.05) is 0 Å². The van der Waals surface area contributed by atoms with Gasteiger partial charge in [0.25, 0.3) is 0 Å². The van der Waals surface area contributed by atoms with Crippen molar-refractivity contribution in [3.05, 3.63) is 0 Å². The van der Waals surface area contributed by atoms with Gasteiger partial charge in [0.05, 0.1) is 0 Å². The zero-order valence-electron chi connectivity index (χ0n) is 2.53. The van der Waals surface area contributed by atoms with Crippen molar-refractivity contribution in [2.45, 2.75) is 0 Å². The van der Waals surface area contributed by atoms with Crippen molar-refractivity contribution in [2.24, 2.45) is 0 Å². The molecule has 0 aromatic heterocycles. The van der Waals surface area contributed by atoms with E-state index in [2.05, 4.69) is 5.09 Å². The summed E-state index contributed by atoms with van der Waals surface area (Å²) in [6.45, 7) is 0. The maximum absolute atomic E-state index is 9.87. The van der Waals surface area contributed by atoms with Crippen LogP contribution in [0.15, 0.2) is 0 Å². The average molecular weight is 337 g/mol. The number of rotatable bonds is 2. The molecular weight excluding hydrogens is 335 g/mol. The van der Waals surface area contributed by atoms with Crippen molar-refractivity contribution in [3.63, 3.8) is 0 Å². The first kappa shape index (κ1) is 7.65. The van der Waals surface area contributed by atoms with E-state index < -0.39 is 11.4 Å². The summed E-state index contributed by atoms with van der Waals surface area (Å²) in [4.78, 5) is 0. The fraction of sp³-hybridized carbons (Fsp3) is 0. The van der Waals surface area contributed by atoms with Crippen molar-refractivity contribution in [1.29, 1.82) is 0 Å². The van der Waals surface area contributed by atoms with Crippen molar-refractivity contribution >= 4 is 56.8 Å². The molecule has 38 valence electrons. The molecule has 0 saturated heterocycles. The molecule has 0 N–H and O–H groups in total. The number of hydrogen-bond donors (Lipinski definition) is 0. The Balaban J connectivity index is 2.99.